The van der Waals surface area contributed by atoms with E-state index >= 15 is 0 Å². The highest BCUT2D eigenvalue weighted by atomic mass is 19.4. The summed E-state index contributed by atoms with van der Waals surface area (Å²) in [4.78, 5) is 27.8. The third-order valence-corrected chi connectivity index (χ3v) is 6.79. The van der Waals surface area contributed by atoms with Gasteiger partial charge in [0.15, 0.2) is 0 Å². The van der Waals surface area contributed by atoms with Crippen LogP contribution < -0.4 is 4.90 Å². The number of hydrogen-bond acceptors (Lipinski definition) is 4. The van der Waals surface area contributed by atoms with E-state index < -0.39 is 71.6 Å². The van der Waals surface area contributed by atoms with Gasteiger partial charge in [0.05, 0.1) is 42.1 Å². The number of halogens is 9. The van der Waals surface area contributed by atoms with Crippen molar-refractivity contribution in [2.75, 3.05) is 18.6 Å². The first-order valence-corrected chi connectivity index (χ1v) is 12.6. The Morgan fingerprint density at radius 1 is 0.905 bits per heavy atom. The van der Waals surface area contributed by atoms with E-state index in [4.69, 9.17) is 9.47 Å². The molecule has 42 heavy (non-hydrogen) atoms. The van der Waals surface area contributed by atoms with Crippen LogP contribution in [0, 0.1) is 5.92 Å². The molecule has 1 aliphatic heterocycles. The first-order valence-electron chi connectivity index (χ1n) is 12.6. The van der Waals surface area contributed by atoms with E-state index in [1.165, 1.54) is 6.92 Å². The van der Waals surface area contributed by atoms with Crippen molar-refractivity contribution in [2.24, 2.45) is 5.92 Å². The molecule has 2 amide bonds. The average Bonchev–Trinajstić information content (AvgIpc) is 2.88. The maximum atomic E-state index is 13.7. The van der Waals surface area contributed by atoms with Gasteiger partial charge in [0.2, 0.25) is 0 Å². The number of amides is 2. The van der Waals surface area contributed by atoms with Gasteiger partial charge in [-0.2, -0.15) is 39.5 Å². The third kappa shape index (κ3) is 7.04. The predicted octanol–water partition coefficient (Wildman–Crippen LogP) is 8.44. The van der Waals surface area contributed by atoms with E-state index in [1.54, 1.807) is 13.8 Å². The Morgan fingerprint density at radius 2 is 1.45 bits per heavy atom. The lowest BCUT2D eigenvalue weighted by molar-refractivity contribution is -0.143. The van der Waals surface area contributed by atoms with E-state index in [-0.39, 0.29) is 36.3 Å². The van der Waals surface area contributed by atoms with Gasteiger partial charge in [-0.1, -0.05) is 13.8 Å². The van der Waals surface area contributed by atoms with Gasteiger partial charge in [-0.3, -0.25) is 9.80 Å². The molecule has 15 heteroatoms. The molecule has 2 aromatic rings. The summed E-state index contributed by atoms with van der Waals surface area (Å²) in [5.41, 5.74) is -5.29. The Labute approximate surface area is 235 Å². The number of methoxy groups -OCH3 is 1. The van der Waals surface area contributed by atoms with Gasteiger partial charge < -0.3 is 9.47 Å². The zero-order valence-corrected chi connectivity index (χ0v) is 22.7. The van der Waals surface area contributed by atoms with Crippen LogP contribution in [0.15, 0.2) is 36.4 Å². The minimum absolute atomic E-state index is 0.0645. The summed E-state index contributed by atoms with van der Waals surface area (Å²) in [5.74, 6) is -0.378. The second-order valence-corrected chi connectivity index (χ2v) is 9.92. The fourth-order valence-corrected chi connectivity index (χ4v) is 4.88. The van der Waals surface area contributed by atoms with Crippen molar-refractivity contribution in [1.82, 2.24) is 4.90 Å². The summed E-state index contributed by atoms with van der Waals surface area (Å²) in [7, 11) is 0.906. The molecule has 0 unspecified atom stereocenters. The lowest BCUT2D eigenvalue weighted by Gasteiger charge is -2.45. The fourth-order valence-electron chi connectivity index (χ4n) is 4.88. The molecular weight excluding hydrogens is 587 g/mol. The molecule has 3 rings (SSSR count). The first-order chi connectivity index (χ1) is 19.3. The standard InChI is InChI=1S/C27H27F9N2O4/c1-5-42-24(40)38-20-7-6-16(25(28,29)30)11-19(20)22(12-21(38)14(2)3)37(23(39)41-4)13-15-8-17(26(31,32)33)10-18(9-15)27(34,35)36/h6-11,14,21-22H,5,12-13H2,1-4H3/t21-,22-/m1/s1. The van der Waals surface area contributed by atoms with Crippen LogP contribution in [-0.4, -0.2) is 36.8 Å². The quantitative estimate of drug-likeness (QED) is 0.317. The summed E-state index contributed by atoms with van der Waals surface area (Å²) < 4.78 is 132. The zero-order valence-electron chi connectivity index (χ0n) is 22.7. The Kier molecular flexibility index (Phi) is 9.32. The highest BCUT2D eigenvalue weighted by molar-refractivity contribution is 5.90. The molecule has 0 radical (unpaired) electrons. The summed E-state index contributed by atoms with van der Waals surface area (Å²) in [6, 6.07) is 1.04. The zero-order chi connectivity index (χ0) is 31.8. The van der Waals surface area contributed by atoms with Crippen molar-refractivity contribution >= 4 is 17.9 Å². The lowest BCUT2D eigenvalue weighted by Crippen LogP contribution is -2.51. The Hall–Kier alpha value is -3.65. The highest BCUT2D eigenvalue weighted by Gasteiger charge is 2.44. The highest BCUT2D eigenvalue weighted by Crippen LogP contribution is 2.46. The van der Waals surface area contributed by atoms with Gasteiger partial charge in [0.25, 0.3) is 0 Å². The third-order valence-electron chi connectivity index (χ3n) is 6.79. The summed E-state index contributed by atoms with van der Waals surface area (Å²) in [6.45, 7) is 3.95. The second-order valence-electron chi connectivity index (χ2n) is 9.92. The number of benzene rings is 2. The van der Waals surface area contributed by atoms with Crippen LogP contribution in [0.25, 0.3) is 0 Å². The molecule has 0 saturated carbocycles. The number of anilines is 1. The molecule has 2 atom stereocenters. The monoisotopic (exact) mass is 614 g/mol. The van der Waals surface area contributed by atoms with Crippen molar-refractivity contribution < 1.29 is 58.6 Å². The minimum atomic E-state index is -5.17. The van der Waals surface area contributed by atoms with Gasteiger partial charge in [-0.05, 0) is 66.8 Å². The molecule has 0 spiro atoms. The Balaban J connectivity index is 2.26. The number of rotatable bonds is 5. The SMILES string of the molecule is CCOC(=O)N1c2ccc(C(F)(F)F)cc2[C@H](N(Cc2cc(C(F)(F)F)cc(C(F)(F)F)c2)C(=O)OC)C[C@@H]1C(C)C. The molecule has 1 aliphatic rings. The van der Waals surface area contributed by atoms with E-state index in [2.05, 4.69) is 0 Å². The van der Waals surface area contributed by atoms with E-state index in [0.29, 0.717) is 18.2 Å². The Bertz CT molecular complexity index is 1270. The van der Waals surface area contributed by atoms with Crippen molar-refractivity contribution in [3.8, 4) is 0 Å². The van der Waals surface area contributed by atoms with Crippen LogP contribution >= 0.6 is 0 Å². The second kappa shape index (κ2) is 11.9. The number of alkyl halides is 9. The minimum Gasteiger partial charge on any atom is -0.453 e. The van der Waals surface area contributed by atoms with Crippen LogP contribution in [-0.2, 0) is 34.5 Å². The molecule has 0 N–H and O–H groups in total. The fraction of sp³-hybridized carbons (Fsp3) is 0.481. The van der Waals surface area contributed by atoms with Gasteiger partial charge in [-0.25, -0.2) is 9.59 Å². The molecule has 0 bridgehead atoms. The summed E-state index contributed by atoms with van der Waals surface area (Å²) in [5, 5.41) is 0. The van der Waals surface area contributed by atoms with E-state index in [0.717, 1.165) is 29.0 Å². The largest absolute Gasteiger partial charge is 0.453 e. The molecule has 1 heterocycles. The first kappa shape index (κ1) is 32.9. The van der Waals surface area contributed by atoms with Crippen molar-refractivity contribution in [3.63, 3.8) is 0 Å². The van der Waals surface area contributed by atoms with Gasteiger partial charge in [0.1, 0.15) is 0 Å². The molecule has 0 saturated heterocycles. The van der Waals surface area contributed by atoms with E-state index in [9.17, 15) is 49.1 Å². The number of fused-ring (bicyclic) bond motifs is 1. The number of hydrogen-bond donors (Lipinski definition) is 0. The average molecular weight is 615 g/mol. The van der Waals surface area contributed by atoms with E-state index in [1.807, 2.05) is 0 Å². The molecule has 6 nitrogen and oxygen atoms in total. The van der Waals surface area contributed by atoms with Crippen LogP contribution in [0.2, 0.25) is 0 Å². The summed E-state index contributed by atoms with van der Waals surface area (Å²) in [6.07, 6.45) is -17.5. The van der Waals surface area contributed by atoms with Crippen molar-refractivity contribution in [3.05, 3.63) is 64.2 Å². The lowest BCUT2D eigenvalue weighted by atomic mass is 9.84. The van der Waals surface area contributed by atoms with Crippen molar-refractivity contribution in [2.45, 2.75) is 64.3 Å². The molecular formula is C27H27F9N2O4. The smallest absolute Gasteiger partial charge is 0.416 e. The predicted molar refractivity (Wildman–Crippen MR) is 131 cm³/mol. The topological polar surface area (TPSA) is 59.1 Å². The maximum Gasteiger partial charge on any atom is 0.416 e. The molecule has 0 aromatic heterocycles. The number of nitrogens with zero attached hydrogens (tertiary/aromatic N) is 2. The molecule has 2 aromatic carbocycles. The normalized spacial score (nSPS) is 17.6. The number of ether oxygens (including phenoxy) is 2. The van der Waals surface area contributed by atoms with Gasteiger partial charge in [-0.15, -0.1) is 0 Å². The Morgan fingerprint density at radius 3 is 1.90 bits per heavy atom. The van der Waals surface area contributed by atoms with Crippen LogP contribution in [0.1, 0.15) is 61.1 Å². The number of carbonyl (C=O) groups is 2. The van der Waals surface area contributed by atoms with Crippen LogP contribution in [0.3, 0.4) is 0 Å². The van der Waals surface area contributed by atoms with Gasteiger partial charge >= 0.3 is 30.7 Å². The molecule has 232 valence electrons. The molecule has 0 aliphatic carbocycles. The molecule has 0 fully saturated rings. The van der Waals surface area contributed by atoms with Crippen LogP contribution in [0.4, 0.5) is 54.8 Å². The van der Waals surface area contributed by atoms with Gasteiger partial charge in [0, 0.05) is 12.6 Å². The maximum absolute atomic E-state index is 13.7. The summed E-state index contributed by atoms with van der Waals surface area (Å²) >= 11 is 0. The number of carbonyl (C=O) groups excluding carboxylic acids is 2. The van der Waals surface area contributed by atoms with Crippen LogP contribution in [0.5, 0.6) is 0 Å². The van der Waals surface area contributed by atoms with Crippen molar-refractivity contribution in [1.29, 1.82) is 0 Å².